The standard InChI is InChI=1S/C26H25FN4O4S2/c1-15-5-11-19(12-6-15)35-16(2)23-29-30-26(31(23)3)37-14-21(32)28-24-22(25(33)34-4)20(13-36-24)17-7-9-18(27)10-8-17/h5-13,16H,14H2,1-4H3,(H,28,32). The van der Waals surface area contributed by atoms with Gasteiger partial charge < -0.3 is 19.4 Å². The molecule has 2 aromatic heterocycles. The molecule has 1 atom stereocenters. The van der Waals surface area contributed by atoms with E-state index in [0.29, 0.717) is 27.1 Å². The minimum atomic E-state index is -0.593. The molecule has 1 unspecified atom stereocenters. The number of aryl methyl sites for hydroxylation is 1. The van der Waals surface area contributed by atoms with Crippen molar-refractivity contribution in [1.29, 1.82) is 0 Å². The summed E-state index contributed by atoms with van der Waals surface area (Å²) in [5.41, 5.74) is 2.56. The van der Waals surface area contributed by atoms with E-state index in [4.69, 9.17) is 9.47 Å². The molecule has 0 saturated heterocycles. The number of carbonyl (C=O) groups excluding carboxylic acids is 2. The summed E-state index contributed by atoms with van der Waals surface area (Å²) in [5.74, 6) is 0.0990. The topological polar surface area (TPSA) is 95.3 Å². The molecule has 4 rings (SSSR count). The molecule has 0 spiro atoms. The fourth-order valence-corrected chi connectivity index (χ4v) is 5.26. The molecule has 1 amide bonds. The Morgan fingerprint density at radius 3 is 2.51 bits per heavy atom. The Kier molecular flexibility index (Phi) is 8.24. The first kappa shape index (κ1) is 26.4. The molecule has 2 aromatic carbocycles. The molecule has 2 heterocycles. The van der Waals surface area contributed by atoms with Gasteiger partial charge in [-0.25, -0.2) is 9.18 Å². The Morgan fingerprint density at radius 1 is 1.14 bits per heavy atom. The molecule has 0 saturated carbocycles. The van der Waals surface area contributed by atoms with Gasteiger partial charge in [0.05, 0.1) is 12.9 Å². The van der Waals surface area contributed by atoms with Crippen LogP contribution in [0.2, 0.25) is 0 Å². The molecule has 0 fully saturated rings. The summed E-state index contributed by atoms with van der Waals surface area (Å²) in [5, 5.41) is 13.9. The number of rotatable bonds is 9. The number of amides is 1. The number of aromatic nitrogens is 3. The predicted octanol–water partition coefficient (Wildman–Crippen LogP) is 5.65. The van der Waals surface area contributed by atoms with Crippen molar-refractivity contribution in [2.45, 2.75) is 25.1 Å². The van der Waals surface area contributed by atoms with Crippen molar-refractivity contribution in [2.75, 3.05) is 18.2 Å². The highest BCUT2D eigenvalue weighted by Crippen LogP contribution is 2.36. The molecule has 37 heavy (non-hydrogen) atoms. The number of hydrogen-bond acceptors (Lipinski definition) is 8. The number of methoxy groups -OCH3 is 1. The molecular weight excluding hydrogens is 515 g/mol. The summed E-state index contributed by atoms with van der Waals surface area (Å²) >= 11 is 2.41. The van der Waals surface area contributed by atoms with Crippen LogP contribution in [0.25, 0.3) is 11.1 Å². The van der Waals surface area contributed by atoms with Gasteiger partial charge in [-0.15, -0.1) is 21.5 Å². The summed E-state index contributed by atoms with van der Waals surface area (Å²) in [7, 11) is 3.08. The van der Waals surface area contributed by atoms with E-state index in [2.05, 4.69) is 15.5 Å². The van der Waals surface area contributed by atoms with Crippen molar-refractivity contribution in [2.24, 2.45) is 7.05 Å². The SMILES string of the molecule is COC(=O)c1c(-c2ccc(F)cc2)csc1NC(=O)CSc1nnc(C(C)Oc2ccc(C)cc2)n1C. The average molecular weight is 541 g/mol. The van der Waals surface area contributed by atoms with Gasteiger partial charge in [0.25, 0.3) is 0 Å². The van der Waals surface area contributed by atoms with Crippen LogP contribution in [0.15, 0.2) is 59.1 Å². The maximum atomic E-state index is 13.3. The number of ether oxygens (including phenoxy) is 2. The lowest BCUT2D eigenvalue weighted by molar-refractivity contribution is -0.113. The van der Waals surface area contributed by atoms with Gasteiger partial charge in [-0.3, -0.25) is 4.79 Å². The molecule has 4 aromatic rings. The van der Waals surface area contributed by atoms with Crippen LogP contribution in [-0.4, -0.2) is 39.5 Å². The molecule has 0 aliphatic carbocycles. The first-order chi connectivity index (χ1) is 17.8. The van der Waals surface area contributed by atoms with E-state index in [1.165, 1.54) is 42.3 Å². The van der Waals surface area contributed by atoms with Crippen molar-refractivity contribution in [1.82, 2.24) is 14.8 Å². The van der Waals surface area contributed by atoms with Gasteiger partial charge in [-0.1, -0.05) is 41.6 Å². The summed E-state index contributed by atoms with van der Waals surface area (Å²) in [6, 6.07) is 13.5. The van der Waals surface area contributed by atoms with E-state index >= 15 is 0 Å². The summed E-state index contributed by atoms with van der Waals surface area (Å²) < 4.78 is 26.0. The van der Waals surface area contributed by atoms with Crippen LogP contribution in [0, 0.1) is 12.7 Å². The maximum absolute atomic E-state index is 13.3. The highest BCUT2D eigenvalue weighted by molar-refractivity contribution is 7.99. The third-order valence-electron chi connectivity index (χ3n) is 5.49. The van der Waals surface area contributed by atoms with E-state index in [-0.39, 0.29) is 29.1 Å². The zero-order chi connectivity index (χ0) is 26.5. The molecular formula is C26H25FN4O4S2. The maximum Gasteiger partial charge on any atom is 0.341 e. The van der Waals surface area contributed by atoms with E-state index in [1.807, 2.05) is 45.2 Å². The predicted molar refractivity (Wildman–Crippen MR) is 142 cm³/mol. The van der Waals surface area contributed by atoms with Crippen molar-refractivity contribution in [3.63, 3.8) is 0 Å². The fraction of sp³-hybridized carbons (Fsp3) is 0.231. The van der Waals surface area contributed by atoms with E-state index in [9.17, 15) is 14.0 Å². The van der Waals surface area contributed by atoms with Crippen LogP contribution >= 0.6 is 23.1 Å². The van der Waals surface area contributed by atoms with Crippen LogP contribution in [0.5, 0.6) is 5.75 Å². The Bertz CT molecular complexity index is 1400. The number of halogens is 1. The number of nitrogens with one attached hydrogen (secondary N) is 1. The largest absolute Gasteiger partial charge is 0.483 e. The Labute approximate surface area is 221 Å². The average Bonchev–Trinajstić information content (AvgIpc) is 3.47. The summed E-state index contributed by atoms with van der Waals surface area (Å²) in [4.78, 5) is 25.2. The monoisotopic (exact) mass is 540 g/mol. The smallest absolute Gasteiger partial charge is 0.341 e. The summed E-state index contributed by atoms with van der Waals surface area (Å²) in [6.45, 7) is 3.89. The second kappa shape index (κ2) is 11.6. The number of thiophene rings is 1. The highest BCUT2D eigenvalue weighted by Gasteiger charge is 2.23. The Hall–Kier alpha value is -3.70. The van der Waals surface area contributed by atoms with Gasteiger partial charge in [0.2, 0.25) is 5.91 Å². The molecule has 8 nitrogen and oxygen atoms in total. The number of hydrogen-bond donors (Lipinski definition) is 1. The lowest BCUT2D eigenvalue weighted by Crippen LogP contribution is -2.16. The molecule has 0 radical (unpaired) electrons. The lowest BCUT2D eigenvalue weighted by atomic mass is 10.0. The first-order valence-electron chi connectivity index (χ1n) is 11.3. The number of benzene rings is 2. The van der Waals surface area contributed by atoms with Crippen LogP contribution in [0.3, 0.4) is 0 Å². The molecule has 1 N–H and O–H groups in total. The van der Waals surface area contributed by atoms with E-state index < -0.39 is 5.97 Å². The first-order valence-corrected chi connectivity index (χ1v) is 13.1. The minimum absolute atomic E-state index is 0.0452. The Morgan fingerprint density at radius 2 is 1.84 bits per heavy atom. The van der Waals surface area contributed by atoms with Crippen molar-refractivity contribution < 1.29 is 23.5 Å². The van der Waals surface area contributed by atoms with Gasteiger partial charge in [0.1, 0.15) is 22.1 Å². The lowest BCUT2D eigenvalue weighted by Gasteiger charge is -2.14. The van der Waals surface area contributed by atoms with Crippen LogP contribution < -0.4 is 10.1 Å². The van der Waals surface area contributed by atoms with Gasteiger partial charge in [-0.2, -0.15) is 0 Å². The highest BCUT2D eigenvalue weighted by atomic mass is 32.2. The number of anilines is 1. The van der Waals surface area contributed by atoms with E-state index in [0.717, 1.165) is 11.3 Å². The minimum Gasteiger partial charge on any atom is -0.483 e. The third kappa shape index (κ3) is 6.17. The Balaban J connectivity index is 1.42. The van der Waals surface area contributed by atoms with E-state index in [1.54, 1.807) is 22.1 Å². The zero-order valence-corrected chi connectivity index (χ0v) is 22.3. The molecule has 11 heteroatoms. The normalized spacial score (nSPS) is 11.7. The quantitative estimate of drug-likeness (QED) is 0.217. The van der Waals surface area contributed by atoms with Crippen LogP contribution in [0.1, 0.15) is 34.8 Å². The second-order valence-corrected chi connectivity index (χ2v) is 9.98. The molecule has 0 bridgehead atoms. The van der Waals surface area contributed by atoms with Gasteiger partial charge >= 0.3 is 5.97 Å². The molecule has 0 aliphatic heterocycles. The third-order valence-corrected chi connectivity index (χ3v) is 7.40. The molecule has 192 valence electrons. The second-order valence-electron chi connectivity index (χ2n) is 8.16. The summed E-state index contributed by atoms with van der Waals surface area (Å²) in [6.07, 6.45) is -0.345. The number of esters is 1. The molecule has 0 aliphatic rings. The van der Waals surface area contributed by atoms with Crippen molar-refractivity contribution >= 4 is 40.0 Å². The number of carbonyl (C=O) groups is 2. The fourth-order valence-electron chi connectivity index (χ4n) is 3.57. The number of nitrogens with zero attached hydrogens (tertiary/aromatic N) is 3. The zero-order valence-electron chi connectivity index (χ0n) is 20.6. The van der Waals surface area contributed by atoms with Gasteiger partial charge in [0.15, 0.2) is 17.1 Å². The van der Waals surface area contributed by atoms with Gasteiger partial charge in [0, 0.05) is 18.0 Å². The van der Waals surface area contributed by atoms with Crippen molar-refractivity contribution in [3.8, 4) is 16.9 Å². The van der Waals surface area contributed by atoms with Crippen molar-refractivity contribution in [3.05, 3.63) is 76.7 Å². The van der Waals surface area contributed by atoms with Gasteiger partial charge in [-0.05, 0) is 43.7 Å². The van der Waals surface area contributed by atoms with Crippen LogP contribution in [0.4, 0.5) is 9.39 Å². The number of thioether (sulfide) groups is 1. The van der Waals surface area contributed by atoms with Crippen LogP contribution in [-0.2, 0) is 16.6 Å².